The molecule has 26 heavy (non-hydrogen) atoms. The van der Waals surface area contributed by atoms with Gasteiger partial charge in [-0.05, 0) is 33.3 Å². The van der Waals surface area contributed by atoms with E-state index in [-0.39, 0.29) is 0 Å². The van der Waals surface area contributed by atoms with Crippen molar-refractivity contribution >= 4 is 16.9 Å². The Morgan fingerprint density at radius 3 is 2.58 bits per heavy atom. The van der Waals surface area contributed by atoms with Crippen LogP contribution in [0.5, 0.6) is 0 Å². The fraction of sp³-hybridized carbons (Fsp3) is 0.421. The molecule has 0 amide bonds. The topological polar surface area (TPSA) is 64.2 Å². The molecule has 0 aliphatic heterocycles. The first-order chi connectivity index (χ1) is 12.5. The van der Waals surface area contributed by atoms with Gasteiger partial charge in [-0.25, -0.2) is 15.0 Å². The monoisotopic (exact) mass is 353 g/mol. The summed E-state index contributed by atoms with van der Waals surface area (Å²) in [4.78, 5) is 22.9. The smallest absolute Gasteiger partial charge is 0.181 e. The van der Waals surface area contributed by atoms with Gasteiger partial charge in [0.25, 0.3) is 0 Å². The van der Waals surface area contributed by atoms with Crippen LogP contribution in [0, 0.1) is 0 Å². The molecule has 0 saturated carbocycles. The summed E-state index contributed by atoms with van der Waals surface area (Å²) in [5.74, 6) is 0.818. The molecule has 2 aromatic heterocycles. The zero-order chi connectivity index (χ0) is 18.5. The van der Waals surface area contributed by atoms with Crippen molar-refractivity contribution in [2.45, 2.75) is 0 Å². The summed E-state index contributed by atoms with van der Waals surface area (Å²) in [6.07, 6.45) is 3.27. The Kier molecular flexibility index (Phi) is 5.80. The molecule has 0 atom stereocenters. The summed E-state index contributed by atoms with van der Waals surface area (Å²) >= 11 is 0. The predicted octanol–water partition coefficient (Wildman–Crippen LogP) is 1.95. The summed E-state index contributed by atoms with van der Waals surface area (Å²) in [7, 11) is 8.51. The molecule has 3 rings (SSSR count). The summed E-state index contributed by atoms with van der Waals surface area (Å²) in [6, 6.07) is 8.41. The van der Waals surface area contributed by atoms with Gasteiger partial charge >= 0.3 is 0 Å². The van der Waals surface area contributed by atoms with Gasteiger partial charge in [-0.1, -0.05) is 12.1 Å². The SMILES string of the molecule is CN(C)CCN(C)CCN(C)c1cccc(-c2nc3ncncc3[nH]2)c1. The van der Waals surface area contributed by atoms with E-state index in [4.69, 9.17) is 0 Å². The molecule has 1 aromatic carbocycles. The summed E-state index contributed by atoms with van der Waals surface area (Å²) in [5, 5.41) is 0. The van der Waals surface area contributed by atoms with Gasteiger partial charge in [-0.2, -0.15) is 0 Å². The molecule has 7 nitrogen and oxygen atoms in total. The van der Waals surface area contributed by atoms with Gasteiger partial charge in [0, 0.05) is 44.5 Å². The third-order valence-corrected chi connectivity index (χ3v) is 4.47. The van der Waals surface area contributed by atoms with E-state index >= 15 is 0 Å². The number of fused-ring (bicyclic) bond motifs is 1. The Labute approximate surface area is 154 Å². The molecule has 0 spiro atoms. The quantitative estimate of drug-likeness (QED) is 0.668. The summed E-state index contributed by atoms with van der Waals surface area (Å²) in [5.41, 5.74) is 3.77. The van der Waals surface area contributed by atoms with Gasteiger partial charge in [-0.15, -0.1) is 0 Å². The van der Waals surface area contributed by atoms with E-state index in [1.54, 1.807) is 6.20 Å². The zero-order valence-corrected chi connectivity index (χ0v) is 16.0. The average Bonchev–Trinajstić information content (AvgIpc) is 3.08. The maximum absolute atomic E-state index is 4.56. The van der Waals surface area contributed by atoms with Crippen LogP contribution in [0.15, 0.2) is 36.8 Å². The van der Waals surface area contributed by atoms with Gasteiger partial charge in [0.15, 0.2) is 5.65 Å². The number of anilines is 1. The second-order valence-corrected chi connectivity index (χ2v) is 6.92. The normalized spacial score (nSPS) is 11.6. The Morgan fingerprint density at radius 1 is 1.00 bits per heavy atom. The predicted molar refractivity (Wildman–Crippen MR) is 106 cm³/mol. The molecule has 0 bridgehead atoms. The molecule has 1 N–H and O–H groups in total. The molecule has 0 fully saturated rings. The van der Waals surface area contributed by atoms with Crippen LogP contribution in [0.4, 0.5) is 5.69 Å². The second-order valence-electron chi connectivity index (χ2n) is 6.92. The van der Waals surface area contributed by atoms with Crippen LogP contribution >= 0.6 is 0 Å². The van der Waals surface area contributed by atoms with Crippen molar-refractivity contribution in [3.8, 4) is 11.4 Å². The lowest BCUT2D eigenvalue weighted by Crippen LogP contribution is -2.34. The second kappa shape index (κ2) is 8.25. The number of aromatic nitrogens is 4. The first-order valence-electron chi connectivity index (χ1n) is 8.83. The first-order valence-corrected chi connectivity index (χ1v) is 8.83. The molecule has 3 aromatic rings. The molecular weight excluding hydrogens is 326 g/mol. The minimum atomic E-state index is 0.691. The summed E-state index contributed by atoms with van der Waals surface area (Å²) < 4.78 is 0. The van der Waals surface area contributed by atoms with Crippen molar-refractivity contribution in [1.29, 1.82) is 0 Å². The van der Waals surface area contributed by atoms with Gasteiger partial charge in [-0.3, -0.25) is 0 Å². The first kappa shape index (κ1) is 18.3. The van der Waals surface area contributed by atoms with Crippen LogP contribution in [-0.4, -0.2) is 84.1 Å². The van der Waals surface area contributed by atoms with Crippen molar-refractivity contribution in [3.63, 3.8) is 0 Å². The third kappa shape index (κ3) is 4.56. The molecule has 0 unspecified atom stereocenters. The lowest BCUT2D eigenvalue weighted by Gasteiger charge is -2.24. The number of hydrogen-bond acceptors (Lipinski definition) is 6. The molecule has 0 aliphatic rings. The van der Waals surface area contributed by atoms with Crippen molar-refractivity contribution in [1.82, 2.24) is 29.7 Å². The highest BCUT2D eigenvalue weighted by Gasteiger charge is 2.09. The fourth-order valence-electron chi connectivity index (χ4n) is 2.72. The fourth-order valence-corrected chi connectivity index (χ4v) is 2.72. The number of likely N-dealkylation sites (N-methyl/N-ethyl adjacent to an activating group) is 3. The van der Waals surface area contributed by atoms with Crippen LogP contribution in [0.25, 0.3) is 22.6 Å². The van der Waals surface area contributed by atoms with E-state index in [2.05, 4.69) is 87.1 Å². The average molecular weight is 353 g/mol. The van der Waals surface area contributed by atoms with Crippen LogP contribution in [-0.2, 0) is 0 Å². The van der Waals surface area contributed by atoms with E-state index in [9.17, 15) is 0 Å². The zero-order valence-electron chi connectivity index (χ0n) is 16.0. The van der Waals surface area contributed by atoms with Crippen molar-refractivity contribution in [3.05, 3.63) is 36.8 Å². The van der Waals surface area contributed by atoms with E-state index in [0.717, 1.165) is 43.1 Å². The molecule has 138 valence electrons. The molecule has 0 aliphatic carbocycles. The number of H-pyrrole nitrogens is 1. The lowest BCUT2D eigenvalue weighted by atomic mass is 10.2. The Balaban J connectivity index is 1.66. The van der Waals surface area contributed by atoms with Gasteiger partial charge in [0.2, 0.25) is 0 Å². The van der Waals surface area contributed by atoms with E-state index in [1.807, 2.05) is 0 Å². The van der Waals surface area contributed by atoms with Crippen LogP contribution in [0.2, 0.25) is 0 Å². The minimum Gasteiger partial charge on any atom is -0.373 e. The number of rotatable bonds is 8. The molecule has 7 heteroatoms. The number of nitrogens with one attached hydrogen (secondary N) is 1. The highest BCUT2D eigenvalue weighted by Crippen LogP contribution is 2.23. The number of nitrogens with zero attached hydrogens (tertiary/aromatic N) is 6. The Bertz CT molecular complexity index is 810. The minimum absolute atomic E-state index is 0.691. The molecule has 0 saturated heterocycles. The number of hydrogen-bond donors (Lipinski definition) is 1. The van der Waals surface area contributed by atoms with Gasteiger partial charge in [0.05, 0.1) is 6.20 Å². The van der Waals surface area contributed by atoms with Crippen LogP contribution in [0.1, 0.15) is 0 Å². The molecular formula is C19H27N7. The lowest BCUT2D eigenvalue weighted by molar-refractivity contribution is 0.286. The third-order valence-electron chi connectivity index (χ3n) is 4.47. The van der Waals surface area contributed by atoms with E-state index in [1.165, 1.54) is 12.0 Å². The van der Waals surface area contributed by atoms with Crippen LogP contribution < -0.4 is 4.90 Å². The standard InChI is InChI=1S/C19H27N7/c1-24(2)8-9-25(3)10-11-26(4)16-7-5-6-15(12-16)18-22-17-13-20-14-21-19(17)23-18/h5-7,12-14H,8-11H2,1-4H3,(H,20,21,22,23). The summed E-state index contributed by atoms with van der Waals surface area (Å²) in [6.45, 7) is 4.14. The van der Waals surface area contributed by atoms with Gasteiger partial charge in [0.1, 0.15) is 17.7 Å². The Morgan fingerprint density at radius 2 is 1.81 bits per heavy atom. The highest BCUT2D eigenvalue weighted by molar-refractivity contribution is 5.75. The van der Waals surface area contributed by atoms with Crippen LogP contribution in [0.3, 0.4) is 0 Å². The molecule has 0 radical (unpaired) electrons. The number of imidazole rings is 1. The number of aromatic amines is 1. The van der Waals surface area contributed by atoms with Gasteiger partial charge < -0.3 is 19.7 Å². The maximum atomic E-state index is 4.56. The van der Waals surface area contributed by atoms with E-state index < -0.39 is 0 Å². The van der Waals surface area contributed by atoms with Crippen molar-refractivity contribution in [2.75, 3.05) is 59.3 Å². The van der Waals surface area contributed by atoms with Crippen molar-refractivity contribution in [2.24, 2.45) is 0 Å². The maximum Gasteiger partial charge on any atom is 0.181 e. The molecule has 2 heterocycles. The Hall–Kier alpha value is -2.51. The highest BCUT2D eigenvalue weighted by atomic mass is 15.2. The van der Waals surface area contributed by atoms with Crippen molar-refractivity contribution < 1.29 is 0 Å². The number of benzene rings is 1. The van der Waals surface area contributed by atoms with E-state index in [0.29, 0.717) is 5.65 Å². The largest absolute Gasteiger partial charge is 0.373 e.